The van der Waals surface area contributed by atoms with Gasteiger partial charge in [0.25, 0.3) is 0 Å². The van der Waals surface area contributed by atoms with Crippen LogP contribution < -0.4 is 0 Å². The fraction of sp³-hybridized carbons (Fsp3) is 0.727. The fourth-order valence-electron chi connectivity index (χ4n) is 2.39. The standard InChI is InChI=1S/C11H18N2/c1-9(11-5-3-4-6-11)13-8-7-12-10(13)2/h11H,1,3-8H2,2H3. The molecule has 2 heteroatoms. The van der Waals surface area contributed by atoms with Crippen LogP contribution in [0.1, 0.15) is 32.6 Å². The van der Waals surface area contributed by atoms with Crippen LogP contribution in [0, 0.1) is 5.92 Å². The second-order valence-corrected chi connectivity index (χ2v) is 4.05. The molecule has 0 bridgehead atoms. The molecule has 2 aliphatic rings. The summed E-state index contributed by atoms with van der Waals surface area (Å²) in [4.78, 5) is 6.69. The van der Waals surface area contributed by atoms with Crippen LogP contribution >= 0.6 is 0 Å². The van der Waals surface area contributed by atoms with E-state index in [-0.39, 0.29) is 0 Å². The molecule has 1 aliphatic carbocycles. The SMILES string of the molecule is C=C(C1CCCC1)N1CCN=C1C. The fourth-order valence-corrected chi connectivity index (χ4v) is 2.39. The van der Waals surface area contributed by atoms with E-state index in [2.05, 4.69) is 23.4 Å². The second kappa shape index (κ2) is 3.52. The maximum Gasteiger partial charge on any atom is 0.100 e. The summed E-state index contributed by atoms with van der Waals surface area (Å²) in [6.45, 7) is 8.32. The number of hydrogen-bond donors (Lipinski definition) is 0. The van der Waals surface area contributed by atoms with E-state index in [1.54, 1.807) is 0 Å². The average Bonchev–Trinajstić information content (AvgIpc) is 2.72. The zero-order valence-electron chi connectivity index (χ0n) is 8.42. The molecule has 72 valence electrons. The smallest absolute Gasteiger partial charge is 0.100 e. The summed E-state index contributed by atoms with van der Waals surface area (Å²) in [6.07, 6.45) is 5.44. The van der Waals surface area contributed by atoms with Gasteiger partial charge in [-0.1, -0.05) is 19.4 Å². The molecule has 0 aromatic heterocycles. The number of nitrogens with zero attached hydrogens (tertiary/aromatic N) is 2. The van der Waals surface area contributed by atoms with Crippen molar-refractivity contribution in [2.24, 2.45) is 10.9 Å². The number of amidine groups is 1. The summed E-state index contributed by atoms with van der Waals surface area (Å²) < 4.78 is 0. The molecule has 2 rings (SSSR count). The van der Waals surface area contributed by atoms with E-state index >= 15 is 0 Å². The zero-order valence-corrected chi connectivity index (χ0v) is 8.42. The van der Waals surface area contributed by atoms with E-state index in [4.69, 9.17) is 0 Å². The molecule has 1 saturated carbocycles. The van der Waals surface area contributed by atoms with Gasteiger partial charge in [-0.05, 0) is 25.7 Å². The summed E-state index contributed by atoms with van der Waals surface area (Å²) in [5.41, 5.74) is 1.32. The predicted molar refractivity (Wildman–Crippen MR) is 55.8 cm³/mol. The molecule has 0 spiro atoms. The molecule has 1 aliphatic heterocycles. The molecular weight excluding hydrogens is 160 g/mol. The highest BCUT2D eigenvalue weighted by atomic mass is 15.2. The molecule has 2 nitrogen and oxygen atoms in total. The highest BCUT2D eigenvalue weighted by Gasteiger charge is 2.24. The van der Waals surface area contributed by atoms with Gasteiger partial charge >= 0.3 is 0 Å². The first-order chi connectivity index (χ1) is 6.29. The summed E-state index contributed by atoms with van der Waals surface area (Å²) in [5, 5.41) is 0. The minimum absolute atomic E-state index is 0.739. The minimum Gasteiger partial charge on any atom is -0.333 e. The predicted octanol–water partition coefficient (Wildman–Crippen LogP) is 2.42. The Kier molecular flexibility index (Phi) is 2.38. The summed E-state index contributed by atoms with van der Waals surface area (Å²) >= 11 is 0. The Labute approximate surface area is 80.3 Å². The maximum atomic E-state index is 4.39. The van der Waals surface area contributed by atoms with Crippen LogP contribution in [0.15, 0.2) is 17.3 Å². The van der Waals surface area contributed by atoms with Gasteiger partial charge in [0.1, 0.15) is 5.84 Å². The van der Waals surface area contributed by atoms with Crippen LogP contribution in [0.5, 0.6) is 0 Å². The highest BCUT2D eigenvalue weighted by molar-refractivity contribution is 5.82. The van der Waals surface area contributed by atoms with Gasteiger partial charge in [-0.15, -0.1) is 0 Å². The van der Waals surface area contributed by atoms with Crippen molar-refractivity contribution in [1.82, 2.24) is 4.90 Å². The molecule has 0 unspecified atom stereocenters. The van der Waals surface area contributed by atoms with Crippen LogP contribution in [0.25, 0.3) is 0 Å². The molecule has 0 atom stereocenters. The molecule has 1 fully saturated rings. The van der Waals surface area contributed by atoms with E-state index in [1.807, 2.05) is 0 Å². The van der Waals surface area contributed by atoms with Crippen molar-refractivity contribution < 1.29 is 0 Å². The lowest BCUT2D eigenvalue weighted by atomic mass is 10.0. The lowest BCUT2D eigenvalue weighted by Gasteiger charge is -2.25. The first-order valence-electron chi connectivity index (χ1n) is 5.26. The highest BCUT2D eigenvalue weighted by Crippen LogP contribution is 2.32. The van der Waals surface area contributed by atoms with Crippen molar-refractivity contribution in [2.75, 3.05) is 13.1 Å². The van der Waals surface area contributed by atoms with Crippen molar-refractivity contribution >= 4 is 5.84 Å². The third-order valence-electron chi connectivity index (χ3n) is 3.23. The summed E-state index contributed by atoms with van der Waals surface area (Å²) in [7, 11) is 0. The van der Waals surface area contributed by atoms with Gasteiger partial charge in [-0.3, -0.25) is 4.99 Å². The molecule has 0 aromatic rings. The number of hydrogen-bond acceptors (Lipinski definition) is 2. The Hall–Kier alpha value is -0.790. The molecule has 1 heterocycles. The van der Waals surface area contributed by atoms with Crippen molar-refractivity contribution in [3.05, 3.63) is 12.3 Å². The number of allylic oxidation sites excluding steroid dienone is 1. The van der Waals surface area contributed by atoms with Gasteiger partial charge in [-0.2, -0.15) is 0 Å². The van der Waals surface area contributed by atoms with Crippen LogP contribution in [0.3, 0.4) is 0 Å². The van der Waals surface area contributed by atoms with E-state index in [0.29, 0.717) is 0 Å². The first-order valence-corrected chi connectivity index (χ1v) is 5.26. The lowest BCUT2D eigenvalue weighted by Crippen LogP contribution is -2.27. The normalized spacial score (nSPS) is 23.8. The Bertz CT molecular complexity index is 236. The van der Waals surface area contributed by atoms with E-state index in [0.717, 1.165) is 24.8 Å². The molecule has 0 saturated heterocycles. The van der Waals surface area contributed by atoms with Crippen molar-refractivity contribution in [3.8, 4) is 0 Å². The van der Waals surface area contributed by atoms with Crippen molar-refractivity contribution in [3.63, 3.8) is 0 Å². The molecule has 0 amide bonds. The Morgan fingerprint density at radius 2 is 2.15 bits per heavy atom. The van der Waals surface area contributed by atoms with Crippen molar-refractivity contribution in [1.29, 1.82) is 0 Å². The lowest BCUT2D eigenvalue weighted by molar-refractivity contribution is 0.456. The number of rotatable bonds is 2. The zero-order chi connectivity index (χ0) is 9.26. The van der Waals surface area contributed by atoms with Gasteiger partial charge in [0.05, 0.1) is 6.54 Å². The average molecular weight is 178 g/mol. The Morgan fingerprint density at radius 3 is 2.69 bits per heavy atom. The quantitative estimate of drug-likeness (QED) is 0.634. The van der Waals surface area contributed by atoms with Crippen molar-refractivity contribution in [2.45, 2.75) is 32.6 Å². The van der Waals surface area contributed by atoms with Gasteiger partial charge in [0.15, 0.2) is 0 Å². The van der Waals surface area contributed by atoms with Gasteiger partial charge in [-0.25, -0.2) is 0 Å². The first kappa shape index (κ1) is 8.79. The Morgan fingerprint density at radius 1 is 1.46 bits per heavy atom. The van der Waals surface area contributed by atoms with E-state index in [9.17, 15) is 0 Å². The van der Waals surface area contributed by atoms with Crippen LogP contribution in [0.2, 0.25) is 0 Å². The van der Waals surface area contributed by atoms with Gasteiger partial charge in [0.2, 0.25) is 0 Å². The van der Waals surface area contributed by atoms with Crippen LogP contribution in [0.4, 0.5) is 0 Å². The van der Waals surface area contributed by atoms with Crippen LogP contribution in [-0.4, -0.2) is 23.8 Å². The Balaban J connectivity index is 2.00. The molecule has 0 radical (unpaired) electrons. The third-order valence-corrected chi connectivity index (χ3v) is 3.23. The summed E-state index contributed by atoms with van der Waals surface area (Å²) in [6, 6.07) is 0. The topological polar surface area (TPSA) is 15.6 Å². The maximum absolute atomic E-state index is 4.39. The van der Waals surface area contributed by atoms with E-state index in [1.165, 1.54) is 31.4 Å². The second-order valence-electron chi connectivity index (χ2n) is 4.05. The monoisotopic (exact) mass is 178 g/mol. The van der Waals surface area contributed by atoms with Crippen LogP contribution in [-0.2, 0) is 0 Å². The largest absolute Gasteiger partial charge is 0.333 e. The summed E-state index contributed by atoms with van der Waals surface area (Å²) in [5.74, 6) is 1.90. The molecule has 0 aromatic carbocycles. The molecule has 13 heavy (non-hydrogen) atoms. The molecule has 0 N–H and O–H groups in total. The molecular formula is C11H18N2. The number of aliphatic imine (C=N–C) groups is 1. The van der Waals surface area contributed by atoms with E-state index < -0.39 is 0 Å². The van der Waals surface area contributed by atoms with Gasteiger partial charge in [0, 0.05) is 12.2 Å². The third kappa shape index (κ3) is 1.62. The minimum atomic E-state index is 0.739. The van der Waals surface area contributed by atoms with Gasteiger partial charge < -0.3 is 4.90 Å².